The molecule has 0 N–H and O–H groups in total. The molecule has 0 spiro atoms. The number of hydrogen-bond donors (Lipinski definition) is 0. The van der Waals surface area contributed by atoms with Gasteiger partial charge in [-0.3, -0.25) is 4.79 Å². The number of para-hydroxylation sites is 1. The van der Waals surface area contributed by atoms with Gasteiger partial charge in [-0.05, 0) is 25.3 Å². The third-order valence-corrected chi connectivity index (χ3v) is 3.85. The van der Waals surface area contributed by atoms with Crippen molar-refractivity contribution in [2.45, 2.75) is 19.2 Å². The van der Waals surface area contributed by atoms with Gasteiger partial charge in [0.05, 0.1) is 11.3 Å². The number of aryl methyl sites for hydroxylation is 1. The van der Waals surface area contributed by atoms with Gasteiger partial charge >= 0.3 is 0 Å². The maximum absolute atomic E-state index is 12.0. The van der Waals surface area contributed by atoms with Crippen LogP contribution in [0.15, 0.2) is 39.6 Å². The Morgan fingerprint density at radius 3 is 2.95 bits per heavy atom. The van der Waals surface area contributed by atoms with Gasteiger partial charge in [-0.1, -0.05) is 17.3 Å². The molecule has 0 saturated heterocycles. The third kappa shape index (κ3) is 2.71. The molecule has 21 heavy (non-hydrogen) atoms. The van der Waals surface area contributed by atoms with E-state index in [0.29, 0.717) is 23.6 Å². The zero-order chi connectivity index (χ0) is 14.8. The van der Waals surface area contributed by atoms with Gasteiger partial charge in [0.1, 0.15) is 6.54 Å². The van der Waals surface area contributed by atoms with E-state index >= 15 is 0 Å². The Hall–Kier alpha value is -2.08. The predicted molar refractivity (Wildman–Crippen MR) is 83.6 cm³/mol. The zero-order valence-corrected chi connectivity index (χ0v) is 12.7. The summed E-state index contributed by atoms with van der Waals surface area (Å²) in [5.74, 6) is 1.98. The molecule has 0 aliphatic carbocycles. The maximum atomic E-state index is 12.0. The van der Waals surface area contributed by atoms with E-state index in [2.05, 4.69) is 10.1 Å². The number of thioether (sulfide) groups is 1. The first-order chi connectivity index (χ1) is 10.2. The van der Waals surface area contributed by atoms with E-state index < -0.39 is 0 Å². The van der Waals surface area contributed by atoms with Gasteiger partial charge in [0, 0.05) is 17.1 Å². The number of fused-ring (bicyclic) bond motifs is 1. The maximum Gasteiger partial charge on any atom is 0.246 e. The van der Waals surface area contributed by atoms with E-state index in [1.54, 1.807) is 17.8 Å². The fraction of sp³-hybridized carbons (Fsp3) is 0.267. The van der Waals surface area contributed by atoms with E-state index in [0.717, 1.165) is 17.0 Å². The molecule has 1 aromatic carbocycles. The summed E-state index contributed by atoms with van der Waals surface area (Å²) in [6, 6.07) is 9.20. The minimum Gasteiger partial charge on any atom is -0.337 e. The molecule has 0 radical (unpaired) electrons. The van der Waals surface area contributed by atoms with Crippen LogP contribution < -0.4 is 5.43 Å². The highest BCUT2D eigenvalue weighted by Gasteiger charge is 2.11. The highest BCUT2D eigenvalue weighted by atomic mass is 32.2. The first kappa shape index (κ1) is 13.9. The number of pyridine rings is 1. The molecule has 6 heteroatoms. The van der Waals surface area contributed by atoms with Crippen LogP contribution in [0.25, 0.3) is 10.9 Å². The van der Waals surface area contributed by atoms with Crippen LogP contribution in [-0.4, -0.2) is 21.0 Å². The average molecular weight is 301 g/mol. The molecule has 0 unspecified atom stereocenters. The molecule has 108 valence electrons. The Balaban J connectivity index is 2.05. The highest BCUT2D eigenvalue weighted by molar-refractivity contribution is 7.97. The Morgan fingerprint density at radius 1 is 1.33 bits per heavy atom. The Labute approximate surface area is 126 Å². The van der Waals surface area contributed by atoms with Gasteiger partial charge in [-0.15, -0.1) is 0 Å². The van der Waals surface area contributed by atoms with E-state index in [1.807, 2.05) is 42.0 Å². The molecule has 0 bridgehead atoms. The van der Waals surface area contributed by atoms with Crippen LogP contribution in [0.2, 0.25) is 0 Å². The van der Waals surface area contributed by atoms with Crippen molar-refractivity contribution >= 4 is 22.7 Å². The molecule has 2 aromatic heterocycles. The van der Waals surface area contributed by atoms with Gasteiger partial charge in [0.15, 0.2) is 11.3 Å². The van der Waals surface area contributed by atoms with Crippen LogP contribution in [0.1, 0.15) is 17.4 Å². The van der Waals surface area contributed by atoms with Gasteiger partial charge in [0.25, 0.3) is 0 Å². The van der Waals surface area contributed by atoms with Crippen molar-refractivity contribution in [3.63, 3.8) is 0 Å². The second-order valence-corrected chi connectivity index (χ2v) is 5.66. The summed E-state index contributed by atoms with van der Waals surface area (Å²) in [7, 11) is 0. The van der Waals surface area contributed by atoms with Crippen molar-refractivity contribution < 1.29 is 4.52 Å². The molecule has 0 aliphatic rings. The van der Waals surface area contributed by atoms with Crippen molar-refractivity contribution in [2.24, 2.45) is 0 Å². The quantitative estimate of drug-likeness (QED) is 0.741. The molecular formula is C15H15N3O2S. The zero-order valence-electron chi connectivity index (χ0n) is 11.9. The summed E-state index contributed by atoms with van der Waals surface area (Å²) in [6.07, 6.45) is 2.00. The van der Waals surface area contributed by atoms with Crippen LogP contribution in [0.4, 0.5) is 0 Å². The molecule has 0 saturated carbocycles. The van der Waals surface area contributed by atoms with Crippen molar-refractivity contribution in [1.82, 2.24) is 14.7 Å². The molecule has 2 heterocycles. The van der Waals surface area contributed by atoms with Crippen LogP contribution in [0.3, 0.4) is 0 Å². The van der Waals surface area contributed by atoms with E-state index in [-0.39, 0.29) is 5.43 Å². The number of rotatable bonds is 4. The normalized spacial score (nSPS) is 11.1. The van der Waals surface area contributed by atoms with Crippen molar-refractivity contribution in [3.8, 4) is 0 Å². The second kappa shape index (κ2) is 5.73. The molecule has 5 nitrogen and oxygen atoms in total. The monoisotopic (exact) mass is 301 g/mol. The Morgan fingerprint density at radius 2 is 2.14 bits per heavy atom. The van der Waals surface area contributed by atoms with Crippen molar-refractivity contribution in [3.05, 3.63) is 58.0 Å². The summed E-state index contributed by atoms with van der Waals surface area (Å²) < 4.78 is 7.30. The van der Waals surface area contributed by atoms with Gasteiger partial charge < -0.3 is 9.09 Å². The number of aromatic nitrogens is 3. The molecule has 0 fully saturated rings. The van der Waals surface area contributed by atoms with Gasteiger partial charge in [-0.2, -0.15) is 16.7 Å². The molecular weight excluding hydrogens is 286 g/mol. The lowest BCUT2D eigenvalue weighted by Gasteiger charge is -2.12. The Bertz CT molecular complexity index is 838. The first-order valence-corrected chi connectivity index (χ1v) is 7.98. The van der Waals surface area contributed by atoms with E-state index in [4.69, 9.17) is 4.52 Å². The molecule has 0 amide bonds. The summed E-state index contributed by atoms with van der Waals surface area (Å²) in [4.78, 5) is 16.4. The standard InChI is InChI=1S/C15H15N3O2S/c1-10-7-13(19)11-5-3-4-6-12(11)18(10)8-15-16-14(9-21-2)17-20-15/h3-7H,8-9H2,1-2H3. The van der Waals surface area contributed by atoms with Gasteiger partial charge in [-0.25, -0.2) is 0 Å². The SMILES string of the molecule is CSCc1noc(Cn2c(C)cc(=O)c3ccccc32)n1. The van der Waals surface area contributed by atoms with Crippen molar-refractivity contribution in [2.75, 3.05) is 6.26 Å². The Kier molecular flexibility index (Phi) is 3.79. The average Bonchev–Trinajstić information content (AvgIpc) is 2.91. The minimum atomic E-state index is 0.0351. The minimum absolute atomic E-state index is 0.0351. The van der Waals surface area contributed by atoms with Crippen LogP contribution in [0, 0.1) is 6.92 Å². The van der Waals surface area contributed by atoms with Crippen LogP contribution >= 0.6 is 11.8 Å². The fourth-order valence-electron chi connectivity index (χ4n) is 2.34. The largest absolute Gasteiger partial charge is 0.337 e. The summed E-state index contributed by atoms with van der Waals surface area (Å²) in [6.45, 7) is 2.38. The van der Waals surface area contributed by atoms with E-state index in [1.165, 1.54) is 0 Å². The predicted octanol–water partition coefficient (Wildman–Crippen LogP) is 2.60. The highest BCUT2D eigenvalue weighted by Crippen LogP contribution is 2.15. The number of hydrogen-bond acceptors (Lipinski definition) is 5. The summed E-state index contributed by atoms with van der Waals surface area (Å²) in [5.41, 5.74) is 1.79. The molecule has 0 atom stereocenters. The topological polar surface area (TPSA) is 60.9 Å². The number of benzene rings is 1. The lowest BCUT2D eigenvalue weighted by atomic mass is 10.2. The van der Waals surface area contributed by atoms with Crippen LogP contribution in [0.5, 0.6) is 0 Å². The molecule has 3 rings (SSSR count). The first-order valence-electron chi connectivity index (χ1n) is 6.58. The smallest absolute Gasteiger partial charge is 0.246 e. The van der Waals surface area contributed by atoms with E-state index in [9.17, 15) is 4.79 Å². The molecule has 3 aromatic rings. The summed E-state index contributed by atoms with van der Waals surface area (Å²) in [5, 5.41) is 4.65. The van der Waals surface area contributed by atoms with Crippen LogP contribution in [-0.2, 0) is 12.3 Å². The molecule has 0 aliphatic heterocycles. The number of nitrogens with zero attached hydrogens (tertiary/aromatic N) is 3. The summed E-state index contributed by atoms with van der Waals surface area (Å²) >= 11 is 1.65. The van der Waals surface area contributed by atoms with Gasteiger partial charge in [0.2, 0.25) is 5.89 Å². The second-order valence-electron chi connectivity index (χ2n) is 4.79. The third-order valence-electron chi connectivity index (χ3n) is 3.30. The van der Waals surface area contributed by atoms with Crippen molar-refractivity contribution in [1.29, 1.82) is 0 Å². The lowest BCUT2D eigenvalue weighted by molar-refractivity contribution is 0.368. The fourth-order valence-corrected chi connectivity index (χ4v) is 2.72. The lowest BCUT2D eigenvalue weighted by Crippen LogP contribution is -2.13.